The lowest BCUT2D eigenvalue weighted by molar-refractivity contribution is 0.661. The van der Waals surface area contributed by atoms with Crippen molar-refractivity contribution >= 4 is 43.7 Å². The molecule has 0 radical (unpaired) electrons. The molecule has 250 valence electrons. The Morgan fingerprint density at radius 2 is 1.19 bits per heavy atom. The van der Waals surface area contributed by atoms with Gasteiger partial charge in [0.2, 0.25) is 0 Å². The first kappa shape index (κ1) is 21.5. The van der Waals surface area contributed by atoms with Crippen molar-refractivity contribution in [1.29, 1.82) is 0 Å². The Hall–Kier alpha value is -6.85. The zero-order chi connectivity index (χ0) is 44.0. The summed E-state index contributed by atoms with van der Waals surface area (Å²) in [6.07, 6.45) is 0. The summed E-state index contributed by atoms with van der Waals surface area (Å²) in [7, 11) is 0. The third-order valence-electron chi connectivity index (χ3n) is 10.4. The molecule has 0 unspecified atom stereocenters. The van der Waals surface area contributed by atoms with Gasteiger partial charge in [0, 0.05) is 43.7 Å². The maximum Gasteiger partial charge on any atom is 0.164 e. The number of fused-ring (bicyclic) bond motifs is 9. The quantitative estimate of drug-likeness (QED) is 0.184. The first-order valence-corrected chi connectivity index (χ1v) is 17.2. The molecular weight excluding hydrogens is 649 g/mol. The average Bonchev–Trinajstić information content (AvgIpc) is 3.90. The largest absolute Gasteiger partial charge is 0.454 e. The standard InChI is InChI=1S/C48H32N4O/c1-48(2)38-21-11-9-18-32(38)36-28-42-37(27-39(36)48)33-19-10-12-22-40(33)52(42)41-23-13-20-35-34-25-24-31(26-43(34)53-44(35)41)47-50-45(29-14-5-3-6-15-29)49-46(51-47)30-16-7-4-8-17-30/h3-28H,1-2H3/i3D,4D,5D,6D,7D,8D,14D,15D,16D,17D. The Balaban J connectivity index is 1.14. The number of furan rings is 1. The molecule has 3 aromatic heterocycles. The van der Waals surface area contributed by atoms with Gasteiger partial charge < -0.3 is 8.98 Å². The van der Waals surface area contributed by atoms with Gasteiger partial charge >= 0.3 is 0 Å². The van der Waals surface area contributed by atoms with Gasteiger partial charge in [-0.1, -0.05) is 135 Å². The Bertz CT molecular complexity index is 3540. The van der Waals surface area contributed by atoms with E-state index in [0.717, 1.165) is 38.3 Å². The van der Waals surface area contributed by atoms with Crippen molar-refractivity contribution in [2.45, 2.75) is 19.3 Å². The van der Waals surface area contributed by atoms with Crippen molar-refractivity contribution in [3.8, 4) is 51.0 Å². The van der Waals surface area contributed by atoms with E-state index in [1.165, 1.54) is 22.3 Å². The molecule has 0 fully saturated rings. The molecule has 0 N–H and O–H groups in total. The number of hydrogen-bond donors (Lipinski definition) is 0. The summed E-state index contributed by atoms with van der Waals surface area (Å²) in [5.74, 6) is -0.722. The van der Waals surface area contributed by atoms with Crippen LogP contribution in [0, 0.1) is 0 Å². The number of benzene rings is 7. The molecule has 10 aromatic rings. The van der Waals surface area contributed by atoms with Gasteiger partial charge in [-0.3, -0.25) is 0 Å². The van der Waals surface area contributed by atoms with Crippen molar-refractivity contribution in [2.24, 2.45) is 0 Å². The predicted molar refractivity (Wildman–Crippen MR) is 215 cm³/mol. The molecule has 0 saturated carbocycles. The van der Waals surface area contributed by atoms with E-state index in [1.807, 2.05) is 30.3 Å². The van der Waals surface area contributed by atoms with Gasteiger partial charge in [-0.25, -0.2) is 15.0 Å². The molecule has 0 bridgehead atoms. The molecule has 1 aliphatic carbocycles. The van der Waals surface area contributed by atoms with Gasteiger partial charge in [-0.05, 0) is 58.7 Å². The summed E-state index contributed by atoms with van der Waals surface area (Å²) in [5, 5.41) is 3.87. The van der Waals surface area contributed by atoms with Crippen LogP contribution < -0.4 is 0 Å². The summed E-state index contributed by atoms with van der Waals surface area (Å²) < 4.78 is 93.4. The molecule has 11 rings (SSSR count). The Morgan fingerprint density at radius 1 is 0.528 bits per heavy atom. The number of nitrogens with zero attached hydrogens (tertiary/aromatic N) is 4. The Morgan fingerprint density at radius 3 is 1.94 bits per heavy atom. The first-order valence-electron chi connectivity index (χ1n) is 22.2. The molecule has 7 aromatic carbocycles. The van der Waals surface area contributed by atoms with Crippen LogP contribution in [0.4, 0.5) is 0 Å². The first-order chi connectivity index (χ1) is 30.2. The zero-order valence-electron chi connectivity index (χ0n) is 38.4. The third kappa shape index (κ3) is 4.40. The van der Waals surface area contributed by atoms with Crippen molar-refractivity contribution < 1.29 is 18.1 Å². The van der Waals surface area contributed by atoms with Crippen LogP contribution >= 0.6 is 0 Å². The molecular formula is C48H32N4O. The fourth-order valence-corrected chi connectivity index (χ4v) is 7.97. The van der Waals surface area contributed by atoms with Gasteiger partial charge in [0.25, 0.3) is 0 Å². The molecule has 5 nitrogen and oxygen atoms in total. The normalized spacial score (nSPS) is 15.9. The summed E-state index contributed by atoms with van der Waals surface area (Å²) >= 11 is 0. The van der Waals surface area contributed by atoms with Crippen LogP contribution in [0.1, 0.15) is 38.7 Å². The van der Waals surface area contributed by atoms with Crippen molar-refractivity contribution in [3.63, 3.8) is 0 Å². The summed E-state index contributed by atoms with van der Waals surface area (Å²) in [6.45, 7) is 4.55. The van der Waals surface area contributed by atoms with Crippen molar-refractivity contribution in [2.75, 3.05) is 0 Å². The van der Waals surface area contributed by atoms with Gasteiger partial charge in [0.1, 0.15) is 5.58 Å². The van der Waals surface area contributed by atoms with E-state index >= 15 is 0 Å². The van der Waals surface area contributed by atoms with Crippen LogP contribution in [-0.2, 0) is 5.41 Å². The predicted octanol–water partition coefficient (Wildman–Crippen LogP) is 12.2. The molecule has 0 atom stereocenters. The second kappa shape index (κ2) is 11.1. The minimum atomic E-state index is -0.613. The lowest BCUT2D eigenvalue weighted by Crippen LogP contribution is -2.14. The number of aromatic nitrogens is 4. The van der Waals surface area contributed by atoms with Gasteiger partial charge in [0.05, 0.1) is 30.4 Å². The van der Waals surface area contributed by atoms with E-state index in [2.05, 4.69) is 88.0 Å². The summed E-state index contributed by atoms with van der Waals surface area (Å²) in [5.41, 5.74) is 8.47. The lowest BCUT2D eigenvalue weighted by Gasteiger charge is -2.21. The SMILES string of the molecule is [2H]c1c([2H])c([2H])c(-c2nc(-c3ccc4c(c3)oc3c(-n5c6ccccc6c6cc7c(cc65)-c5ccccc5C7(C)C)cccc34)nc(-c3c([2H])c([2H])c([2H])c([2H])c3[2H])n2)c([2H])c1[2H]. The fourth-order valence-electron chi connectivity index (χ4n) is 7.97. The van der Waals surface area contributed by atoms with Crippen LogP contribution in [0.5, 0.6) is 0 Å². The summed E-state index contributed by atoms with van der Waals surface area (Å²) in [6, 6.07) is 26.9. The van der Waals surface area contributed by atoms with E-state index in [4.69, 9.17) is 18.1 Å². The summed E-state index contributed by atoms with van der Waals surface area (Å²) in [4.78, 5) is 13.6. The highest BCUT2D eigenvalue weighted by molar-refractivity contribution is 6.14. The molecule has 53 heavy (non-hydrogen) atoms. The van der Waals surface area contributed by atoms with Crippen LogP contribution in [0.25, 0.3) is 94.7 Å². The van der Waals surface area contributed by atoms with E-state index in [-0.39, 0.29) is 34.0 Å². The van der Waals surface area contributed by atoms with Crippen LogP contribution in [0.2, 0.25) is 0 Å². The van der Waals surface area contributed by atoms with E-state index in [0.29, 0.717) is 16.7 Å². The number of para-hydroxylation sites is 2. The van der Waals surface area contributed by atoms with E-state index < -0.39 is 60.4 Å². The van der Waals surface area contributed by atoms with Crippen LogP contribution in [0.3, 0.4) is 0 Å². The highest BCUT2D eigenvalue weighted by Crippen LogP contribution is 2.51. The van der Waals surface area contributed by atoms with Crippen LogP contribution in [0.15, 0.2) is 162 Å². The maximum atomic E-state index is 8.69. The second-order valence-corrected chi connectivity index (χ2v) is 13.7. The van der Waals surface area contributed by atoms with Crippen LogP contribution in [-0.4, -0.2) is 19.5 Å². The van der Waals surface area contributed by atoms with Crippen molar-refractivity contribution in [3.05, 3.63) is 169 Å². The minimum absolute atomic E-state index is 0.0457. The second-order valence-electron chi connectivity index (χ2n) is 13.7. The Labute approximate surface area is 319 Å². The lowest BCUT2D eigenvalue weighted by atomic mass is 9.82. The molecule has 1 aliphatic rings. The zero-order valence-corrected chi connectivity index (χ0v) is 28.4. The Kier molecular flexibility index (Phi) is 4.49. The molecule has 0 spiro atoms. The smallest absolute Gasteiger partial charge is 0.164 e. The third-order valence-corrected chi connectivity index (χ3v) is 10.4. The molecule has 0 saturated heterocycles. The number of hydrogen-bond acceptors (Lipinski definition) is 4. The van der Waals surface area contributed by atoms with E-state index in [9.17, 15) is 0 Å². The van der Waals surface area contributed by atoms with E-state index in [1.54, 1.807) is 12.1 Å². The minimum Gasteiger partial charge on any atom is -0.454 e. The van der Waals surface area contributed by atoms with Crippen molar-refractivity contribution in [1.82, 2.24) is 19.5 Å². The number of rotatable bonds is 4. The highest BCUT2D eigenvalue weighted by atomic mass is 16.3. The van der Waals surface area contributed by atoms with Gasteiger partial charge in [-0.15, -0.1) is 0 Å². The monoisotopic (exact) mass is 690 g/mol. The molecule has 3 heterocycles. The average molecular weight is 691 g/mol. The van der Waals surface area contributed by atoms with Gasteiger partial charge in [-0.2, -0.15) is 0 Å². The molecule has 5 heteroatoms. The topological polar surface area (TPSA) is 56.7 Å². The molecule has 0 amide bonds. The molecule has 0 aliphatic heterocycles. The maximum absolute atomic E-state index is 8.69. The fraction of sp³-hybridized carbons (Fsp3) is 0.0625. The highest BCUT2D eigenvalue weighted by Gasteiger charge is 2.36. The van der Waals surface area contributed by atoms with Gasteiger partial charge in [0.15, 0.2) is 23.1 Å².